The fourth-order valence-electron chi connectivity index (χ4n) is 2.62. The summed E-state index contributed by atoms with van der Waals surface area (Å²) < 4.78 is 0. The molecular weight excluding hydrogens is 236 g/mol. The molecule has 3 heteroatoms. The minimum absolute atomic E-state index is 0.0598. The number of rotatable bonds is 4. The second kappa shape index (κ2) is 5.91. The molecular formula is C16H22N2O. The smallest absolute Gasteiger partial charge is 0.245 e. The highest BCUT2D eigenvalue weighted by Gasteiger charge is 2.24. The Kier molecular flexibility index (Phi) is 4.25. The summed E-state index contributed by atoms with van der Waals surface area (Å²) in [5.41, 5.74) is 2.58. The third-order valence-electron chi connectivity index (χ3n) is 3.72. The van der Waals surface area contributed by atoms with Gasteiger partial charge in [0.25, 0.3) is 0 Å². The quantitative estimate of drug-likeness (QED) is 0.774. The molecule has 3 nitrogen and oxygen atoms in total. The summed E-state index contributed by atoms with van der Waals surface area (Å²) in [5.74, 6) is 0.630. The van der Waals surface area contributed by atoms with Crippen LogP contribution in [0.5, 0.6) is 0 Å². The zero-order valence-electron chi connectivity index (χ0n) is 11.8. The zero-order chi connectivity index (χ0) is 13.8. The fourth-order valence-corrected chi connectivity index (χ4v) is 2.62. The lowest BCUT2D eigenvalue weighted by atomic mass is 9.98. The Morgan fingerprint density at radius 1 is 1.53 bits per heavy atom. The van der Waals surface area contributed by atoms with E-state index < -0.39 is 0 Å². The molecule has 0 radical (unpaired) electrons. The number of hydrogen-bond donors (Lipinski definition) is 0. The molecule has 0 N–H and O–H groups in total. The molecule has 0 aliphatic carbocycles. The summed E-state index contributed by atoms with van der Waals surface area (Å²) in [5, 5.41) is 0. The van der Waals surface area contributed by atoms with Crippen LogP contribution in [-0.4, -0.2) is 38.0 Å². The van der Waals surface area contributed by atoms with Gasteiger partial charge in [-0.3, -0.25) is 4.79 Å². The van der Waals surface area contributed by atoms with E-state index in [9.17, 15) is 4.79 Å². The number of nitrogens with zero attached hydrogens (tertiary/aromatic N) is 2. The van der Waals surface area contributed by atoms with Crippen molar-refractivity contribution in [3.63, 3.8) is 0 Å². The van der Waals surface area contributed by atoms with Gasteiger partial charge in [0.15, 0.2) is 0 Å². The second-order valence-electron chi connectivity index (χ2n) is 5.41. The van der Waals surface area contributed by atoms with Gasteiger partial charge < -0.3 is 9.80 Å². The molecule has 1 heterocycles. The first-order chi connectivity index (χ1) is 9.10. The average Bonchev–Trinajstić information content (AvgIpc) is 2.86. The minimum atomic E-state index is 0.0598. The van der Waals surface area contributed by atoms with Crippen molar-refractivity contribution in [2.24, 2.45) is 5.92 Å². The van der Waals surface area contributed by atoms with Crippen LogP contribution in [0.4, 0.5) is 5.69 Å². The van der Waals surface area contributed by atoms with Crippen LogP contribution >= 0.6 is 0 Å². The van der Waals surface area contributed by atoms with Gasteiger partial charge in [0.05, 0.1) is 0 Å². The van der Waals surface area contributed by atoms with Crippen LogP contribution < -0.4 is 4.90 Å². The highest BCUT2D eigenvalue weighted by Crippen LogP contribution is 2.23. The van der Waals surface area contributed by atoms with Crippen LogP contribution in [0.1, 0.15) is 12.0 Å². The van der Waals surface area contributed by atoms with Crippen LogP contribution in [-0.2, 0) is 11.2 Å². The van der Waals surface area contributed by atoms with E-state index in [2.05, 4.69) is 49.8 Å². The molecule has 2 rings (SSSR count). The third-order valence-corrected chi connectivity index (χ3v) is 3.72. The molecule has 1 aliphatic rings. The standard InChI is InChI=1S/C16H22N2O/c1-4-16(19)18-9-8-14(12-18)10-13-6-5-7-15(11-13)17(2)3/h4-7,11,14H,1,8-10,12H2,2-3H3/t14-/m1/s1. The number of carbonyl (C=O) groups excluding carboxylic acids is 1. The van der Waals surface area contributed by atoms with Crippen molar-refractivity contribution >= 4 is 11.6 Å². The van der Waals surface area contributed by atoms with Gasteiger partial charge in [-0.05, 0) is 42.5 Å². The van der Waals surface area contributed by atoms with Crippen molar-refractivity contribution in [2.45, 2.75) is 12.8 Å². The van der Waals surface area contributed by atoms with E-state index in [4.69, 9.17) is 0 Å². The molecule has 1 saturated heterocycles. The Balaban J connectivity index is 1.97. The van der Waals surface area contributed by atoms with Gasteiger partial charge in [0.1, 0.15) is 0 Å². The summed E-state index contributed by atoms with van der Waals surface area (Å²) >= 11 is 0. The van der Waals surface area contributed by atoms with Crippen LogP contribution in [0.2, 0.25) is 0 Å². The van der Waals surface area contributed by atoms with Gasteiger partial charge in [-0.15, -0.1) is 0 Å². The lowest BCUT2D eigenvalue weighted by Crippen LogP contribution is -2.26. The molecule has 0 saturated carbocycles. The van der Waals surface area contributed by atoms with Crippen molar-refractivity contribution < 1.29 is 4.79 Å². The summed E-state index contributed by atoms with van der Waals surface area (Å²) in [6, 6.07) is 8.63. The summed E-state index contributed by atoms with van der Waals surface area (Å²) in [4.78, 5) is 15.6. The molecule has 0 spiro atoms. The number of carbonyl (C=O) groups is 1. The predicted octanol–water partition coefficient (Wildman–Crippen LogP) is 2.33. The Morgan fingerprint density at radius 3 is 3.00 bits per heavy atom. The third kappa shape index (κ3) is 3.37. The van der Waals surface area contributed by atoms with Gasteiger partial charge in [0, 0.05) is 32.9 Å². The highest BCUT2D eigenvalue weighted by atomic mass is 16.2. The average molecular weight is 258 g/mol. The topological polar surface area (TPSA) is 23.6 Å². The molecule has 1 atom stereocenters. The maximum atomic E-state index is 11.6. The Hall–Kier alpha value is -1.77. The fraction of sp³-hybridized carbons (Fsp3) is 0.438. The largest absolute Gasteiger partial charge is 0.378 e. The van der Waals surface area contributed by atoms with Crippen LogP contribution in [0.15, 0.2) is 36.9 Å². The number of likely N-dealkylation sites (tertiary alicyclic amines) is 1. The maximum Gasteiger partial charge on any atom is 0.245 e. The zero-order valence-corrected chi connectivity index (χ0v) is 11.8. The molecule has 1 amide bonds. The Bertz CT molecular complexity index is 468. The molecule has 1 aliphatic heterocycles. The number of anilines is 1. The van der Waals surface area contributed by atoms with Crippen LogP contribution in [0.3, 0.4) is 0 Å². The number of hydrogen-bond acceptors (Lipinski definition) is 2. The Morgan fingerprint density at radius 2 is 2.32 bits per heavy atom. The second-order valence-corrected chi connectivity index (χ2v) is 5.41. The van der Waals surface area contributed by atoms with Crippen LogP contribution in [0, 0.1) is 5.92 Å². The van der Waals surface area contributed by atoms with E-state index in [0.29, 0.717) is 5.92 Å². The van der Waals surface area contributed by atoms with Crippen molar-refractivity contribution in [1.29, 1.82) is 0 Å². The first kappa shape index (κ1) is 13.7. The van der Waals surface area contributed by atoms with Crippen molar-refractivity contribution in [3.8, 4) is 0 Å². The normalized spacial score (nSPS) is 18.4. The lowest BCUT2D eigenvalue weighted by Gasteiger charge is -2.16. The Labute approximate surface area is 115 Å². The summed E-state index contributed by atoms with van der Waals surface area (Å²) in [6.07, 6.45) is 3.55. The molecule has 0 bridgehead atoms. The first-order valence-corrected chi connectivity index (χ1v) is 6.77. The van der Waals surface area contributed by atoms with Gasteiger partial charge in [-0.1, -0.05) is 18.7 Å². The van der Waals surface area contributed by atoms with E-state index in [1.807, 2.05) is 4.90 Å². The molecule has 19 heavy (non-hydrogen) atoms. The molecule has 0 aromatic heterocycles. The molecule has 1 aromatic rings. The lowest BCUT2D eigenvalue weighted by molar-refractivity contribution is -0.125. The predicted molar refractivity (Wildman–Crippen MR) is 79.4 cm³/mol. The number of amides is 1. The maximum absolute atomic E-state index is 11.6. The van der Waals surface area contributed by atoms with Gasteiger partial charge in [0.2, 0.25) is 5.91 Å². The summed E-state index contributed by atoms with van der Waals surface area (Å²) in [6.45, 7) is 5.27. The van der Waals surface area contributed by atoms with Crippen molar-refractivity contribution in [3.05, 3.63) is 42.5 Å². The molecule has 1 aromatic carbocycles. The van der Waals surface area contributed by atoms with E-state index in [0.717, 1.165) is 25.9 Å². The molecule has 102 valence electrons. The van der Waals surface area contributed by atoms with Crippen molar-refractivity contribution in [2.75, 3.05) is 32.1 Å². The van der Waals surface area contributed by atoms with E-state index in [1.165, 1.54) is 17.3 Å². The molecule has 1 fully saturated rings. The highest BCUT2D eigenvalue weighted by molar-refractivity contribution is 5.87. The monoisotopic (exact) mass is 258 g/mol. The summed E-state index contributed by atoms with van der Waals surface area (Å²) in [7, 11) is 4.11. The van der Waals surface area contributed by atoms with E-state index in [1.54, 1.807) is 0 Å². The number of benzene rings is 1. The van der Waals surface area contributed by atoms with Crippen molar-refractivity contribution in [1.82, 2.24) is 4.90 Å². The minimum Gasteiger partial charge on any atom is -0.378 e. The van der Waals surface area contributed by atoms with E-state index >= 15 is 0 Å². The SMILES string of the molecule is C=CC(=O)N1CC[C@H](Cc2cccc(N(C)C)c2)C1. The van der Waals surface area contributed by atoms with E-state index in [-0.39, 0.29) is 5.91 Å². The molecule has 0 unspecified atom stereocenters. The van der Waals surface area contributed by atoms with Gasteiger partial charge >= 0.3 is 0 Å². The van der Waals surface area contributed by atoms with Gasteiger partial charge in [-0.2, -0.15) is 0 Å². The van der Waals surface area contributed by atoms with Gasteiger partial charge in [-0.25, -0.2) is 0 Å². The van der Waals surface area contributed by atoms with Crippen LogP contribution in [0.25, 0.3) is 0 Å². The first-order valence-electron chi connectivity index (χ1n) is 6.77.